The predicted octanol–water partition coefficient (Wildman–Crippen LogP) is 7.57. The molecular weight excluding hydrogens is 252 g/mol. The van der Waals surface area contributed by atoms with E-state index in [0.29, 0.717) is 0 Å². The fourth-order valence-corrected chi connectivity index (χ4v) is 4.14. The molecule has 0 aromatic rings. The first kappa shape index (κ1) is 21.0. The highest BCUT2D eigenvalue weighted by Gasteiger charge is 2.31. The Bertz CT molecular complexity index is 232. The van der Waals surface area contributed by atoms with Gasteiger partial charge in [0.2, 0.25) is 0 Å². The summed E-state index contributed by atoms with van der Waals surface area (Å²) in [5.41, 5.74) is 0. The van der Waals surface area contributed by atoms with Crippen molar-refractivity contribution in [3.8, 4) is 0 Å². The zero-order valence-electron chi connectivity index (χ0n) is 16.4. The lowest BCUT2D eigenvalue weighted by atomic mass is 9.74. The minimum absolute atomic E-state index is 0.928. The van der Waals surface area contributed by atoms with E-state index in [-0.39, 0.29) is 0 Å². The summed E-state index contributed by atoms with van der Waals surface area (Å²) in [7, 11) is 0. The van der Waals surface area contributed by atoms with Crippen LogP contribution in [0.4, 0.5) is 0 Å². The second-order valence-electron chi connectivity index (χ2n) is 7.84. The highest BCUT2D eigenvalue weighted by atomic mass is 14.4. The molecule has 6 atom stereocenters. The molecule has 0 heteroatoms. The molecule has 1 fully saturated rings. The number of hydrogen-bond donors (Lipinski definition) is 0. The standard InChI is InChI=1S/C19H38.C2H6/c1-7-14(2)9-8-10-16(4)19-12-11-15(3)13-17(5)18(19)6;1-2/h14-19H,7-13H2,1-6H3;1-2H3. The van der Waals surface area contributed by atoms with Gasteiger partial charge in [-0.1, -0.05) is 87.5 Å². The van der Waals surface area contributed by atoms with E-state index >= 15 is 0 Å². The average Bonchev–Trinajstić information content (AvgIpc) is 2.60. The maximum absolute atomic E-state index is 2.53. The molecule has 0 N–H and O–H groups in total. The molecule has 0 amide bonds. The molecule has 1 rings (SSSR count). The van der Waals surface area contributed by atoms with Gasteiger partial charge in [-0.3, -0.25) is 0 Å². The molecule has 0 heterocycles. The van der Waals surface area contributed by atoms with Gasteiger partial charge in [0.15, 0.2) is 0 Å². The Morgan fingerprint density at radius 3 is 2.14 bits per heavy atom. The Labute approximate surface area is 136 Å². The summed E-state index contributed by atoms with van der Waals surface area (Å²) in [6.07, 6.45) is 10.1. The third-order valence-corrected chi connectivity index (χ3v) is 6.12. The van der Waals surface area contributed by atoms with Gasteiger partial charge < -0.3 is 0 Å². The van der Waals surface area contributed by atoms with E-state index in [2.05, 4.69) is 41.5 Å². The maximum Gasteiger partial charge on any atom is -0.0360 e. The minimum Gasteiger partial charge on any atom is -0.0683 e. The van der Waals surface area contributed by atoms with Crippen molar-refractivity contribution < 1.29 is 0 Å². The number of hydrogen-bond acceptors (Lipinski definition) is 0. The Kier molecular flexibility index (Phi) is 11.6. The van der Waals surface area contributed by atoms with Gasteiger partial charge in [0.25, 0.3) is 0 Å². The molecular formula is C21H44. The third-order valence-electron chi connectivity index (χ3n) is 6.12. The van der Waals surface area contributed by atoms with Gasteiger partial charge in [-0.05, 0) is 48.3 Å². The average molecular weight is 297 g/mol. The van der Waals surface area contributed by atoms with E-state index < -0.39 is 0 Å². The number of rotatable bonds is 6. The smallest absolute Gasteiger partial charge is 0.0360 e. The Morgan fingerprint density at radius 2 is 1.57 bits per heavy atom. The van der Waals surface area contributed by atoms with Gasteiger partial charge in [-0.2, -0.15) is 0 Å². The minimum atomic E-state index is 0.928. The summed E-state index contributed by atoms with van der Waals surface area (Å²) < 4.78 is 0. The molecule has 6 unspecified atom stereocenters. The summed E-state index contributed by atoms with van der Waals surface area (Å²) in [5.74, 6) is 5.67. The summed E-state index contributed by atoms with van der Waals surface area (Å²) in [5, 5.41) is 0. The van der Waals surface area contributed by atoms with E-state index in [9.17, 15) is 0 Å². The van der Waals surface area contributed by atoms with Crippen LogP contribution in [0.3, 0.4) is 0 Å². The van der Waals surface area contributed by atoms with Crippen LogP contribution in [-0.2, 0) is 0 Å². The Hall–Kier alpha value is 0. The lowest BCUT2D eigenvalue weighted by Gasteiger charge is -2.31. The quantitative estimate of drug-likeness (QED) is 0.443. The Morgan fingerprint density at radius 1 is 0.952 bits per heavy atom. The first-order valence-corrected chi connectivity index (χ1v) is 9.95. The van der Waals surface area contributed by atoms with E-state index in [1.54, 1.807) is 0 Å². The molecule has 0 radical (unpaired) electrons. The molecule has 1 aliphatic carbocycles. The van der Waals surface area contributed by atoms with Crippen LogP contribution in [0.1, 0.15) is 100 Å². The summed E-state index contributed by atoms with van der Waals surface area (Å²) in [6, 6.07) is 0. The fraction of sp³-hybridized carbons (Fsp3) is 1.00. The molecule has 0 aromatic carbocycles. The van der Waals surface area contributed by atoms with Gasteiger partial charge in [-0.25, -0.2) is 0 Å². The highest BCUT2D eigenvalue weighted by molar-refractivity contribution is 4.81. The van der Waals surface area contributed by atoms with Crippen LogP contribution in [0, 0.1) is 35.5 Å². The first-order chi connectivity index (χ1) is 9.95. The van der Waals surface area contributed by atoms with Crippen molar-refractivity contribution in [1.29, 1.82) is 0 Å². The fourth-order valence-electron chi connectivity index (χ4n) is 4.14. The first-order valence-electron chi connectivity index (χ1n) is 9.95. The molecule has 0 aliphatic heterocycles. The van der Waals surface area contributed by atoms with Crippen molar-refractivity contribution in [3.05, 3.63) is 0 Å². The molecule has 0 bridgehead atoms. The summed E-state index contributed by atoms with van der Waals surface area (Å²) in [4.78, 5) is 0. The van der Waals surface area contributed by atoms with Crippen LogP contribution in [0.15, 0.2) is 0 Å². The van der Waals surface area contributed by atoms with Crippen LogP contribution in [0.2, 0.25) is 0 Å². The highest BCUT2D eigenvalue weighted by Crippen LogP contribution is 2.40. The SMILES string of the molecule is CC.CCC(C)CCCC(C)C1CCC(C)CC(C)C1C. The van der Waals surface area contributed by atoms with E-state index in [1.165, 1.54) is 44.9 Å². The van der Waals surface area contributed by atoms with Crippen molar-refractivity contribution in [1.82, 2.24) is 0 Å². The van der Waals surface area contributed by atoms with Crippen molar-refractivity contribution in [3.63, 3.8) is 0 Å². The molecule has 1 aliphatic rings. The second kappa shape index (κ2) is 11.6. The third kappa shape index (κ3) is 7.71. The van der Waals surface area contributed by atoms with Crippen molar-refractivity contribution in [2.24, 2.45) is 35.5 Å². The molecule has 0 nitrogen and oxygen atoms in total. The summed E-state index contributed by atoms with van der Waals surface area (Å²) in [6.45, 7) is 18.7. The topological polar surface area (TPSA) is 0 Å². The maximum atomic E-state index is 2.53. The predicted molar refractivity (Wildman–Crippen MR) is 98.7 cm³/mol. The molecule has 21 heavy (non-hydrogen) atoms. The lowest BCUT2D eigenvalue weighted by Crippen LogP contribution is -2.23. The van der Waals surface area contributed by atoms with Crippen molar-refractivity contribution in [2.45, 2.75) is 100 Å². The zero-order chi connectivity index (χ0) is 16.4. The molecule has 0 saturated heterocycles. The molecule has 1 saturated carbocycles. The Balaban J connectivity index is 0.00000191. The van der Waals surface area contributed by atoms with E-state index in [4.69, 9.17) is 0 Å². The van der Waals surface area contributed by atoms with Gasteiger partial charge >= 0.3 is 0 Å². The monoisotopic (exact) mass is 296 g/mol. The van der Waals surface area contributed by atoms with Gasteiger partial charge in [0.05, 0.1) is 0 Å². The lowest BCUT2D eigenvalue weighted by molar-refractivity contribution is 0.184. The molecule has 0 spiro atoms. The normalized spacial score (nSPS) is 32.6. The van der Waals surface area contributed by atoms with Crippen LogP contribution >= 0.6 is 0 Å². The van der Waals surface area contributed by atoms with Crippen molar-refractivity contribution >= 4 is 0 Å². The van der Waals surface area contributed by atoms with Crippen LogP contribution in [0.25, 0.3) is 0 Å². The zero-order valence-corrected chi connectivity index (χ0v) is 16.4. The van der Waals surface area contributed by atoms with Crippen molar-refractivity contribution in [2.75, 3.05) is 0 Å². The van der Waals surface area contributed by atoms with Crippen LogP contribution in [-0.4, -0.2) is 0 Å². The van der Waals surface area contributed by atoms with Crippen LogP contribution < -0.4 is 0 Å². The molecule has 0 aromatic heterocycles. The van der Waals surface area contributed by atoms with Crippen LogP contribution in [0.5, 0.6) is 0 Å². The summed E-state index contributed by atoms with van der Waals surface area (Å²) >= 11 is 0. The van der Waals surface area contributed by atoms with Gasteiger partial charge in [0.1, 0.15) is 0 Å². The van der Waals surface area contributed by atoms with Gasteiger partial charge in [-0.15, -0.1) is 0 Å². The van der Waals surface area contributed by atoms with Gasteiger partial charge in [0, 0.05) is 0 Å². The largest absolute Gasteiger partial charge is 0.0683 e. The second-order valence-corrected chi connectivity index (χ2v) is 7.84. The molecule has 128 valence electrons. The van der Waals surface area contributed by atoms with E-state index in [1.807, 2.05) is 13.8 Å². The van der Waals surface area contributed by atoms with E-state index in [0.717, 1.165) is 35.5 Å².